The van der Waals surface area contributed by atoms with E-state index in [0.29, 0.717) is 17.8 Å². The first-order valence-electron chi connectivity index (χ1n) is 5.65. The lowest BCUT2D eigenvalue weighted by molar-refractivity contribution is 0.618. The molecule has 1 N–H and O–H groups in total. The number of anilines is 1. The number of nitrogens with one attached hydrogen (secondary N) is 1. The van der Waals surface area contributed by atoms with Crippen molar-refractivity contribution >= 4 is 5.69 Å². The fraction of sp³-hybridized carbons (Fsp3) is 0.214. The van der Waals surface area contributed by atoms with E-state index in [9.17, 15) is 4.39 Å². The summed E-state index contributed by atoms with van der Waals surface area (Å²) < 4.78 is 14.9. The lowest BCUT2D eigenvalue weighted by Crippen LogP contribution is -1.99. The normalized spacial score (nSPS) is 10.1. The zero-order valence-electron chi connectivity index (χ0n) is 10.4. The Morgan fingerprint density at radius 2 is 2.17 bits per heavy atom. The number of hydrogen-bond donors (Lipinski definition) is 1. The van der Waals surface area contributed by atoms with Crippen LogP contribution < -0.4 is 5.32 Å². The fourth-order valence-electron chi connectivity index (χ4n) is 1.80. The van der Waals surface area contributed by atoms with Crippen molar-refractivity contribution in [2.45, 2.75) is 13.5 Å². The number of nitrogens with zero attached hydrogens (tertiary/aromatic N) is 2. The van der Waals surface area contributed by atoms with E-state index < -0.39 is 0 Å². The molecule has 1 aromatic carbocycles. The summed E-state index contributed by atoms with van der Waals surface area (Å²) in [5, 5.41) is 12.1. The van der Waals surface area contributed by atoms with Crippen molar-refractivity contribution in [3.05, 3.63) is 53.1 Å². The third-order valence-electron chi connectivity index (χ3n) is 2.83. The van der Waals surface area contributed by atoms with E-state index in [4.69, 9.17) is 5.26 Å². The van der Waals surface area contributed by atoms with Gasteiger partial charge in [0.05, 0.1) is 0 Å². The predicted molar refractivity (Wildman–Crippen MR) is 68.6 cm³/mol. The Labute approximate surface area is 105 Å². The molecule has 1 aromatic heterocycles. The maximum absolute atomic E-state index is 13.1. The summed E-state index contributed by atoms with van der Waals surface area (Å²) in [5.41, 5.74) is 3.14. The molecule has 2 aromatic rings. The van der Waals surface area contributed by atoms with Crippen LogP contribution in [0.25, 0.3) is 0 Å². The molecule has 2 rings (SSSR count). The molecule has 0 fully saturated rings. The van der Waals surface area contributed by atoms with Crippen LogP contribution >= 0.6 is 0 Å². The first-order chi connectivity index (χ1) is 8.60. The smallest absolute Gasteiger partial charge is 0.126 e. The van der Waals surface area contributed by atoms with Crippen LogP contribution in [0.2, 0.25) is 0 Å². The molecular weight excluding hydrogens is 229 g/mol. The van der Waals surface area contributed by atoms with Crippen molar-refractivity contribution in [2.24, 2.45) is 7.05 Å². The van der Waals surface area contributed by atoms with Crippen LogP contribution in [0.15, 0.2) is 30.5 Å². The molecule has 0 bridgehead atoms. The summed E-state index contributed by atoms with van der Waals surface area (Å²) in [5.74, 6) is -0.202. The van der Waals surface area contributed by atoms with Crippen molar-refractivity contribution in [1.82, 2.24) is 4.57 Å². The van der Waals surface area contributed by atoms with E-state index in [1.807, 2.05) is 19.3 Å². The third-order valence-corrected chi connectivity index (χ3v) is 2.83. The van der Waals surface area contributed by atoms with Gasteiger partial charge in [-0.15, -0.1) is 0 Å². The third kappa shape index (κ3) is 2.51. The van der Waals surface area contributed by atoms with Crippen molar-refractivity contribution in [3.8, 4) is 6.07 Å². The van der Waals surface area contributed by atoms with E-state index in [2.05, 4.69) is 11.4 Å². The molecule has 0 saturated heterocycles. The highest BCUT2D eigenvalue weighted by molar-refractivity contribution is 5.46. The molecule has 0 amide bonds. The second-order valence-electron chi connectivity index (χ2n) is 4.27. The first kappa shape index (κ1) is 12.2. The number of halogens is 1. The van der Waals surface area contributed by atoms with Crippen LogP contribution in [0.5, 0.6) is 0 Å². The van der Waals surface area contributed by atoms with Crippen LogP contribution in [0, 0.1) is 24.1 Å². The topological polar surface area (TPSA) is 40.8 Å². The summed E-state index contributed by atoms with van der Waals surface area (Å²) in [6.07, 6.45) is 1.90. The Hall–Kier alpha value is -2.28. The van der Waals surface area contributed by atoms with Crippen LogP contribution in [0.4, 0.5) is 10.1 Å². The maximum Gasteiger partial charge on any atom is 0.126 e. The van der Waals surface area contributed by atoms with Gasteiger partial charge in [-0.25, -0.2) is 4.39 Å². The Morgan fingerprint density at radius 1 is 1.39 bits per heavy atom. The molecule has 0 spiro atoms. The molecule has 3 nitrogen and oxygen atoms in total. The Balaban J connectivity index is 2.07. The number of hydrogen-bond acceptors (Lipinski definition) is 2. The van der Waals surface area contributed by atoms with E-state index >= 15 is 0 Å². The molecule has 0 atom stereocenters. The van der Waals surface area contributed by atoms with Crippen LogP contribution in [-0.4, -0.2) is 4.57 Å². The van der Waals surface area contributed by atoms with E-state index in [0.717, 1.165) is 11.3 Å². The van der Waals surface area contributed by atoms with Gasteiger partial charge in [-0.05, 0) is 42.3 Å². The highest BCUT2D eigenvalue weighted by Gasteiger charge is 2.03. The number of rotatable bonds is 3. The Morgan fingerprint density at radius 3 is 2.78 bits per heavy atom. The summed E-state index contributed by atoms with van der Waals surface area (Å²) in [6, 6.07) is 8.87. The van der Waals surface area contributed by atoms with Crippen molar-refractivity contribution in [1.29, 1.82) is 5.26 Å². The van der Waals surface area contributed by atoms with Gasteiger partial charge in [0, 0.05) is 25.5 Å². The van der Waals surface area contributed by atoms with E-state index in [1.165, 1.54) is 6.07 Å². The minimum absolute atomic E-state index is 0.202. The summed E-state index contributed by atoms with van der Waals surface area (Å²) in [7, 11) is 1.84. The van der Waals surface area contributed by atoms with Gasteiger partial charge in [0.1, 0.15) is 17.6 Å². The largest absolute Gasteiger partial charge is 0.381 e. The van der Waals surface area contributed by atoms with Gasteiger partial charge < -0.3 is 9.88 Å². The van der Waals surface area contributed by atoms with Gasteiger partial charge in [-0.1, -0.05) is 0 Å². The second kappa shape index (κ2) is 4.92. The van der Waals surface area contributed by atoms with Crippen LogP contribution in [0.3, 0.4) is 0 Å². The SMILES string of the molecule is Cc1cc(NCc2cc(C#N)n(C)c2)ccc1F. The molecule has 0 saturated carbocycles. The molecule has 4 heteroatoms. The predicted octanol–water partition coefficient (Wildman–Crippen LogP) is 2.96. The average Bonchev–Trinajstić information content (AvgIpc) is 2.71. The van der Waals surface area contributed by atoms with Gasteiger partial charge in [0.15, 0.2) is 0 Å². The lowest BCUT2D eigenvalue weighted by Gasteiger charge is -2.06. The van der Waals surface area contributed by atoms with Gasteiger partial charge in [0.25, 0.3) is 0 Å². The molecular formula is C14H14FN3. The minimum Gasteiger partial charge on any atom is -0.381 e. The standard InChI is InChI=1S/C14H14FN3/c1-10-5-12(3-4-14(10)15)17-8-11-6-13(7-16)18(2)9-11/h3-6,9,17H,8H2,1-2H3. The fourth-order valence-corrected chi connectivity index (χ4v) is 1.80. The molecule has 0 aliphatic carbocycles. The van der Waals surface area contributed by atoms with Gasteiger partial charge in [0.2, 0.25) is 0 Å². The first-order valence-corrected chi connectivity index (χ1v) is 5.65. The number of aromatic nitrogens is 1. The highest BCUT2D eigenvalue weighted by Crippen LogP contribution is 2.15. The number of aryl methyl sites for hydroxylation is 2. The molecule has 0 radical (unpaired) electrons. The minimum atomic E-state index is -0.202. The van der Waals surface area contributed by atoms with Crippen LogP contribution in [0.1, 0.15) is 16.8 Å². The van der Waals surface area contributed by atoms with Gasteiger partial charge in [-0.2, -0.15) is 5.26 Å². The Bertz CT molecular complexity index is 608. The maximum atomic E-state index is 13.1. The van der Waals surface area contributed by atoms with E-state index in [1.54, 1.807) is 23.6 Å². The second-order valence-corrected chi connectivity index (χ2v) is 4.27. The zero-order chi connectivity index (χ0) is 13.1. The summed E-state index contributed by atoms with van der Waals surface area (Å²) in [4.78, 5) is 0. The molecule has 0 aliphatic rings. The zero-order valence-corrected chi connectivity index (χ0v) is 10.4. The van der Waals surface area contributed by atoms with Crippen molar-refractivity contribution in [3.63, 3.8) is 0 Å². The molecule has 0 aliphatic heterocycles. The van der Waals surface area contributed by atoms with Crippen LogP contribution in [-0.2, 0) is 13.6 Å². The number of benzene rings is 1. The average molecular weight is 243 g/mol. The van der Waals surface area contributed by atoms with Crippen molar-refractivity contribution < 1.29 is 4.39 Å². The number of nitriles is 1. The Kier molecular flexibility index (Phi) is 3.33. The lowest BCUT2D eigenvalue weighted by atomic mass is 10.2. The molecule has 1 heterocycles. The highest BCUT2D eigenvalue weighted by atomic mass is 19.1. The summed E-state index contributed by atoms with van der Waals surface area (Å²) >= 11 is 0. The summed E-state index contributed by atoms with van der Waals surface area (Å²) in [6.45, 7) is 2.34. The molecule has 18 heavy (non-hydrogen) atoms. The van der Waals surface area contributed by atoms with Gasteiger partial charge in [-0.3, -0.25) is 0 Å². The van der Waals surface area contributed by atoms with E-state index in [-0.39, 0.29) is 5.82 Å². The monoisotopic (exact) mass is 243 g/mol. The molecule has 92 valence electrons. The quantitative estimate of drug-likeness (QED) is 0.900. The molecule has 0 unspecified atom stereocenters. The van der Waals surface area contributed by atoms with Crippen molar-refractivity contribution in [2.75, 3.05) is 5.32 Å². The van der Waals surface area contributed by atoms with Gasteiger partial charge >= 0.3 is 0 Å².